The molecule has 1 aliphatic carbocycles. The Bertz CT molecular complexity index is 169. The third-order valence-electron chi connectivity index (χ3n) is 3.90. The summed E-state index contributed by atoms with van der Waals surface area (Å²) < 4.78 is 0. The van der Waals surface area contributed by atoms with E-state index in [1.54, 1.807) is 0 Å². The van der Waals surface area contributed by atoms with E-state index >= 15 is 0 Å². The summed E-state index contributed by atoms with van der Waals surface area (Å²) in [6.45, 7) is 6.10. The van der Waals surface area contributed by atoms with Crippen molar-refractivity contribution in [2.24, 2.45) is 11.8 Å². The molecule has 1 aliphatic heterocycles. The lowest BCUT2D eigenvalue weighted by molar-refractivity contribution is 0.178. The van der Waals surface area contributed by atoms with Gasteiger partial charge in [-0.05, 0) is 37.0 Å². The van der Waals surface area contributed by atoms with Gasteiger partial charge in [0.2, 0.25) is 0 Å². The average Bonchev–Trinajstić information content (AvgIpc) is 2.16. The number of hydrogen-bond acceptors (Lipinski definition) is 2. The van der Waals surface area contributed by atoms with Crippen LogP contribution in [0.15, 0.2) is 0 Å². The molecular formula is C11H21NS. The molecule has 1 heterocycles. The van der Waals surface area contributed by atoms with Crippen LogP contribution in [0.4, 0.5) is 0 Å². The molecule has 3 atom stereocenters. The lowest BCUT2D eigenvalue weighted by atomic mass is 9.77. The molecule has 1 saturated carbocycles. The Hall–Kier alpha value is 0.310. The standard InChI is InChI=1S/C11H21NS/c1-9-5-3-6-11(10(9)2)12-7-4-8-13-11/h9-10,12H,3-8H2,1-2H3. The van der Waals surface area contributed by atoms with Crippen molar-refractivity contribution in [3.8, 4) is 0 Å². The SMILES string of the molecule is CC1CCCC2(NCCCS2)C1C. The monoisotopic (exact) mass is 199 g/mol. The Morgan fingerprint density at radius 1 is 1.31 bits per heavy atom. The van der Waals surface area contributed by atoms with Gasteiger partial charge in [0, 0.05) is 0 Å². The Balaban J connectivity index is 2.09. The van der Waals surface area contributed by atoms with Crippen LogP contribution >= 0.6 is 11.8 Å². The second kappa shape index (κ2) is 3.82. The largest absolute Gasteiger partial charge is 0.303 e. The molecule has 2 fully saturated rings. The van der Waals surface area contributed by atoms with Crippen LogP contribution in [0.2, 0.25) is 0 Å². The number of thioether (sulfide) groups is 1. The molecule has 13 heavy (non-hydrogen) atoms. The first kappa shape index (κ1) is 9.85. The molecule has 0 aromatic heterocycles. The molecule has 1 N–H and O–H groups in total. The van der Waals surface area contributed by atoms with Crippen molar-refractivity contribution in [2.45, 2.75) is 44.4 Å². The lowest BCUT2D eigenvalue weighted by Gasteiger charge is -2.48. The van der Waals surface area contributed by atoms with Crippen LogP contribution in [-0.4, -0.2) is 17.2 Å². The van der Waals surface area contributed by atoms with E-state index in [0.29, 0.717) is 4.87 Å². The third kappa shape index (κ3) is 1.75. The van der Waals surface area contributed by atoms with Crippen molar-refractivity contribution in [3.63, 3.8) is 0 Å². The van der Waals surface area contributed by atoms with E-state index in [9.17, 15) is 0 Å². The van der Waals surface area contributed by atoms with E-state index in [0.717, 1.165) is 11.8 Å². The first-order valence-electron chi connectivity index (χ1n) is 5.63. The van der Waals surface area contributed by atoms with Crippen molar-refractivity contribution in [1.29, 1.82) is 0 Å². The zero-order valence-electron chi connectivity index (χ0n) is 8.81. The Kier molecular flexibility index (Phi) is 2.89. The van der Waals surface area contributed by atoms with E-state index < -0.39 is 0 Å². The predicted octanol–water partition coefficient (Wildman–Crippen LogP) is 2.87. The first-order chi connectivity index (χ1) is 6.25. The lowest BCUT2D eigenvalue weighted by Crippen LogP contribution is -2.54. The zero-order valence-corrected chi connectivity index (χ0v) is 9.62. The maximum absolute atomic E-state index is 3.78. The highest BCUT2D eigenvalue weighted by Crippen LogP contribution is 2.46. The van der Waals surface area contributed by atoms with Gasteiger partial charge in [0.1, 0.15) is 0 Å². The highest BCUT2D eigenvalue weighted by atomic mass is 32.2. The molecule has 1 spiro atoms. The van der Waals surface area contributed by atoms with Gasteiger partial charge >= 0.3 is 0 Å². The summed E-state index contributed by atoms with van der Waals surface area (Å²) in [5, 5.41) is 3.78. The fourth-order valence-electron chi connectivity index (χ4n) is 2.75. The highest BCUT2D eigenvalue weighted by molar-refractivity contribution is 8.00. The molecule has 0 amide bonds. The summed E-state index contributed by atoms with van der Waals surface area (Å²) in [6, 6.07) is 0. The van der Waals surface area contributed by atoms with E-state index in [-0.39, 0.29) is 0 Å². The first-order valence-corrected chi connectivity index (χ1v) is 6.62. The van der Waals surface area contributed by atoms with Gasteiger partial charge in [0.25, 0.3) is 0 Å². The molecule has 2 rings (SSSR count). The van der Waals surface area contributed by atoms with Gasteiger partial charge in [-0.15, -0.1) is 11.8 Å². The smallest absolute Gasteiger partial charge is 0.0673 e. The molecule has 2 heteroatoms. The molecule has 0 bridgehead atoms. The van der Waals surface area contributed by atoms with Gasteiger partial charge in [0.05, 0.1) is 4.87 Å². The van der Waals surface area contributed by atoms with Gasteiger partial charge < -0.3 is 5.32 Å². The topological polar surface area (TPSA) is 12.0 Å². The van der Waals surface area contributed by atoms with Gasteiger partial charge in [-0.2, -0.15) is 0 Å². The van der Waals surface area contributed by atoms with Crippen LogP contribution in [0.3, 0.4) is 0 Å². The fraction of sp³-hybridized carbons (Fsp3) is 1.00. The highest BCUT2D eigenvalue weighted by Gasteiger charge is 2.42. The maximum atomic E-state index is 3.78. The molecule has 1 saturated heterocycles. The normalized spacial score (nSPS) is 46.6. The molecule has 3 unspecified atom stereocenters. The van der Waals surface area contributed by atoms with E-state index in [4.69, 9.17) is 0 Å². The molecule has 0 aromatic rings. The Morgan fingerprint density at radius 2 is 2.15 bits per heavy atom. The maximum Gasteiger partial charge on any atom is 0.0673 e. The van der Waals surface area contributed by atoms with Crippen LogP contribution in [0, 0.1) is 11.8 Å². The van der Waals surface area contributed by atoms with Crippen LogP contribution in [0.1, 0.15) is 39.5 Å². The quantitative estimate of drug-likeness (QED) is 0.644. The van der Waals surface area contributed by atoms with Crippen LogP contribution in [0.5, 0.6) is 0 Å². The second-order valence-electron chi connectivity index (χ2n) is 4.68. The van der Waals surface area contributed by atoms with E-state index in [2.05, 4.69) is 30.9 Å². The molecule has 0 radical (unpaired) electrons. The van der Waals surface area contributed by atoms with Crippen LogP contribution in [-0.2, 0) is 0 Å². The summed E-state index contributed by atoms with van der Waals surface area (Å²) in [4.78, 5) is 0.454. The van der Waals surface area contributed by atoms with E-state index in [1.807, 2.05) is 0 Å². The number of rotatable bonds is 0. The summed E-state index contributed by atoms with van der Waals surface area (Å²) in [5.41, 5.74) is 0. The van der Waals surface area contributed by atoms with Crippen molar-refractivity contribution in [1.82, 2.24) is 5.32 Å². The number of nitrogens with one attached hydrogen (secondary N) is 1. The average molecular weight is 199 g/mol. The van der Waals surface area contributed by atoms with Gasteiger partial charge in [-0.25, -0.2) is 0 Å². The molecule has 76 valence electrons. The fourth-order valence-corrected chi connectivity index (χ4v) is 4.40. The summed E-state index contributed by atoms with van der Waals surface area (Å²) >= 11 is 2.19. The molecule has 0 aromatic carbocycles. The molecular weight excluding hydrogens is 178 g/mol. The predicted molar refractivity (Wildman–Crippen MR) is 60.0 cm³/mol. The summed E-state index contributed by atoms with van der Waals surface area (Å²) in [5.74, 6) is 3.13. The van der Waals surface area contributed by atoms with Gasteiger partial charge in [-0.3, -0.25) is 0 Å². The second-order valence-corrected chi connectivity index (χ2v) is 6.10. The van der Waals surface area contributed by atoms with E-state index in [1.165, 1.54) is 38.0 Å². The molecule has 2 aliphatic rings. The van der Waals surface area contributed by atoms with Gasteiger partial charge in [-0.1, -0.05) is 26.7 Å². The van der Waals surface area contributed by atoms with Crippen molar-refractivity contribution in [3.05, 3.63) is 0 Å². The van der Waals surface area contributed by atoms with Crippen LogP contribution in [0.25, 0.3) is 0 Å². The summed E-state index contributed by atoms with van der Waals surface area (Å²) in [7, 11) is 0. The van der Waals surface area contributed by atoms with Crippen LogP contribution < -0.4 is 5.32 Å². The third-order valence-corrected chi connectivity index (χ3v) is 5.63. The summed E-state index contributed by atoms with van der Waals surface area (Å²) in [6.07, 6.45) is 5.60. The number of hydrogen-bond donors (Lipinski definition) is 1. The minimum Gasteiger partial charge on any atom is -0.303 e. The van der Waals surface area contributed by atoms with Crippen molar-refractivity contribution >= 4 is 11.8 Å². The van der Waals surface area contributed by atoms with Crippen molar-refractivity contribution in [2.75, 3.05) is 12.3 Å². The van der Waals surface area contributed by atoms with Gasteiger partial charge in [0.15, 0.2) is 0 Å². The van der Waals surface area contributed by atoms with Crippen molar-refractivity contribution < 1.29 is 0 Å². The minimum absolute atomic E-state index is 0.454. The zero-order chi connectivity index (χ0) is 9.31. The Morgan fingerprint density at radius 3 is 2.85 bits per heavy atom. The minimum atomic E-state index is 0.454. The molecule has 1 nitrogen and oxygen atoms in total. The Labute approximate surface area is 86.0 Å².